The fourth-order valence-corrected chi connectivity index (χ4v) is 4.29. The summed E-state index contributed by atoms with van der Waals surface area (Å²) in [6.07, 6.45) is 3.29. The van der Waals surface area contributed by atoms with Crippen molar-refractivity contribution in [3.8, 4) is 22.6 Å². The van der Waals surface area contributed by atoms with E-state index in [0.717, 1.165) is 29.7 Å². The van der Waals surface area contributed by atoms with Crippen molar-refractivity contribution >= 4 is 23.3 Å². The number of carbonyl (C=O) groups excluding carboxylic acids is 1. The number of methoxy groups -OCH3 is 1. The van der Waals surface area contributed by atoms with Crippen LogP contribution < -0.4 is 15.2 Å². The normalized spacial score (nSPS) is 14.3. The van der Waals surface area contributed by atoms with Crippen molar-refractivity contribution in [3.05, 3.63) is 59.0 Å². The number of carbonyl (C=O) groups is 1. The number of hydrogen-bond acceptors (Lipinski definition) is 7. The summed E-state index contributed by atoms with van der Waals surface area (Å²) < 4.78 is 11.3. The van der Waals surface area contributed by atoms with Gasteiger partial charge >= 0.3 is 0 Å². The first-order valence-corrected chi connectivity index (χ1v) is 11.6. The molecule has 1 fully saturated rings. The molecule has 0 unspecified atom stereocenters. The lowest BCUT2D eigenvalue weighted by atomic mass is 9.93. The first-order chi connectivity index (χ1) is 16.4. The van der Waals surface area contributed by atoms with Crippen molar-refractivity contribution in [2.45, 2.75) is 38.7 Å². The van der Waals surface area contributed by atoms with E-state index in [-0.39, 0.29) is 17.9 Å². The number of amides is 1. The van der Waals surface area contributed by atoms with E-state index in [1.54, 1.807) is 25.4 Å². The first-order valence-electron chi connectivity index (χ1n) is 11.2. The number of nitrogens with two attached hydrogens (primary N) is 1. The zero-order chi connectivity index (χ0) is 24.2. The molecule has 8 nitrogen and oxygen atoms in total. The van der Waals surface area contributed by atoms with Gasteiger partial charge in [-0.3, -0.25) is 9.78 Å². The highest BCUT2D eigenvalue weighted by Gasteiger charge is 2.27. The predicted octanol–water partition coefficient (Wildman–Crippen LogP) is 4.59. The van der Waals surface area contributed by atoms with Crippen molar-refractivity contribution in [1.82, 2.24) is 20.1 Å². The highest BCUT2D eigenvalue weighted by molar-refractivity contribution is 6.32. The molecule has 1 aromatic carbocycles. The number of halogens is 1. The third-order valence-electron chi connectivity index (χ3n) is 5.82. The highest BCUT2D eigenvalue weighted by atomic mass is 35.5. The van der Waals surface area contributed by atoms with Crippen LogP contribution in [0.25, 0.3) is 11.1 Å². The molecular weight excluding hydrogens is 454 g/mol. The SMILES string of the molecule is COc1cc(C(=O)N2CCC(c3ccc(N)nn3)CC2)ncc1-c1ccc(OC(C)C)c(Cl)c1. The molecule has 0 atom stereocenters. The van der Waals surface area contributed by atoms with E-state index >= 15 is 0 Å². The molecule has 4 rings (SSSR count). The molecule has 0 radical (unpaired) electrons. The Kier molecular flexibility index (Phi) is 7.17. The number of aromatic nitrogens is 3. The summed E-state index contributed by atoms with van der Waals surface area (Å²) in [6, 6.07) is 10.9. The quantitative estimate of drug-likeness (QED) is 0.549. The molecule has 0 saturated carbocycles. The van der Waals surface area contributed by atoms with E-state index in [9.17, 15) is 4.79 Å². The number of pyridine rings is 1. The summed E-state index contributed by atoms with van der Waals surface area (Å²) in [6.45, 7) is 5.13. The number of likely N-dealkylation sites (tertiary alicyclic amines) is 1. The molecule has 3 heterocycles. The van der Waals surface area contributed by atoms with Crippen molar-refractivity contribution in [2.75, 3.05) is 25.9 Å². The van der Waals surface area contributed by atoms with E-state index < -0.39 is 0 Å². The van der Waals surface area contributed by atoms with Crippen LogP contribution in [0.1, 0.15) is 48.8 Å². The second-order valence-corrected chi connectivity index (χ2v) is 8.94. The summed E-state index contributed by atoms with van der Waals surface area (Å²) in [7, 11) is 1.57. The molecule has 2 aromatic heterocycles. The molecule has 1 saturated heterocycles. The fraction of sp³-hybridized carbons (Fsp3) is 0.360. The van der Waals surface area contributed by atoms with Gasteiger partial charge in [0.1, 0.15) is 23.0 Å². The molecule has 2 N–H and O–H groups in total. The number of benzene rings is 1. The van der Waals surface area contributed by atoms with Crippen LogP contribution in [-0.2, 0) is 0 Å². The Hall–Kier alpha value is -3.39. The van der Waals surface area contributed by atoms with Crippen molar-refractivity contribution in [2.24, 2.45) is 0 Å². The molecule has 178 valence electrons. The number of nitrogen functional groups attached to an aromatic ring is 1. The molecule has 34 heavy (non-hydrogen) atoms. The van der Waals surface area contributed by atoms with Gasteiger partial charge in [-0.25, -0.2) is 0 Å². The molecule has 0 aliphatic carbocycles. The van der Waals surface area contributed by atoms with E-state index in [1.165, 1.54) is 0 Å². The van der Waals surface area contributed by atoms with Crippen LogP contribution in [0.3, 0.4) is 0 Å². The van der Waals surface area contributed by atoms with E-state index in [0.29, 0.717) is 41.1 Å². The van der Waals surface area contributed by atoms with Gasteiger partial charge in [-0.15, -0.1) is 5.10 Å². The van der Waals surface area contributed by atoms with Crippen LogP contribution in [0.5, 0.6) is 11.5 Å². The van der Waals surface area contributed by atoms with Gasteiger partial charge in [0.05, 0.1) is 23.9 Å². The lowest BCUT2D eigenvalue weighted by Gasteiger charge is -2.31. The Morgan fingerprint density at radius 1 is 1.12 bits per heavy atom. The Bertz CT molecular complexity index is 1160. The van der Waals surface area contributed by atoms with Crippen LogP contribution in [0.4, 0.5) is 5.82 Å². The van der Waals surface area contributed by atoms with Crippen LogP contribution in [0.2, 0.25) is 5.02 Å². The lowest BCUT2D eigenvalue weighted by Crippen LogP contribution is -2.38. The number of nitrogens with zero attached hydrogens (tertiary/aromatic N) is 4. The number of piperidine rings is 1. The zero-order valence-corrected chi connectivity index (χ0v) is 20.2. The van der Waals surface area contributed by atoms with Gasteiger partial charge in [0.15, 0.2) is 0 Å². The summed E-state index contributed by atoms with van der Waals surface area (Å²) in [5.41, 5.74) is 8.46. The molecule has 1 amide bonds. The summed E-state index contributed by atoms with van der Waals surface area (Å²) in [5, 5.41) is 8.63. The third kappa shape index (κ3) is 5.22. The minimum atomic E-state index is -0.120. The lowest BCUT2D eigenvalue weighted by molar-refractivity contribution is 0.0705. The largest absolute Gasteiger partial charge is 0.496 e. The second-order valence-electron chi connectivity index (χ2n) is 8.53. The summed E-state index contributed by atoms with van der Waals surface area (Å²) >= 11 is 6.40. The minimum Gasteiger partial charge on any atom is -0.496 e. The van der Waals surface area contributed by atoms with Crippen LogP contribution in [-0.4, -0.2) is 52.3 Å². The molecule has 9 heteroatoms. The molecule has 1 aliphatic rings. The van der Waals surface area contributed by atoms with Gasteiger partial charge in [-0.05, 0) is 56.5 Å². The van der Waals surface area contributed by atoms with Crippen LogP contribution in [0.15, 0.2) is 42.6 Å². The molecular formula is C25H28ClN5O3. The van der Waals surface area contributed by atoms with Crippen molar-refractivity contribution in [1.29, 1.82) is 0 Å². The Morgan fingerprint density at radius 2 is 1.88 bits per heavy atom. The molecule has 0 spiro atoms. The van der Waals surface area contributed by atoms with E-state index in [4.69, 9.17) is 26.8 Å². The predicted molar refractivity (Wildman–Crippen MR) is 131 cm³/mol. The van der Waals surface area contributed by atoms with Gasteiger partial charge in [0.2, 0.25) is 0 Å². The highest BCUT2D eigenvalue weighted by Crippen LogP contribution is 2.36. The Morgan fingerprint density at radius 3 is 2.50 bits per heavy atom. The maximum atomic E-state index is 13.1. The number of anilines is 1. The van der Waals surface area contributed by atoms with Crippen LogP contribution >= 0.6 is 11.6 Å². The average molecular weight is 482 g/mol. The van der Waals surface area contributed by atoms with E-state index in [1.807, 2.05) is 43.0 Å². The van der Waals surface area contributed by atoms with E-state index in [2.05, 4.69) is 15.2 Å². The first kappa shape index (κ1) is 23.8. The third-order valence-corrected chi connectivity index (χ3v) is 6.11. The minimum absolute atomic E-state index is 0.0225. The maximum absolute atomic E-state index is 13.1. The smallest absolute Gasteiger partial charge is 0.272 e. The van der Waals surface area contributed by atoms with Crippen molar-refractivity contribution in [3.63, 3.8) is 0 Å². The van der Waals surface area contributed by atoms with Gasteiger partial charge in [-0.1, -0.05) is 17.7 Å². The summed E-state index contributed by atoms with van der Waals surface area (Å²) in [5.74, 6) is 1.72. The van der Waals surface area contributed by atoms with Crippen LogP contribution in [0, 0.1) is 0 Å². The fourth-order valence-electron chi connectivity index (χ4n) is 4.07. The molecule has 1 aliphatic heterocycles. The summed E-state index contributed by atoms with van der Waals surface area (Å²) in [4.78, 5) is 19.4. The Balaban J connectivity index is 1.48. The molecule has 3 aromatic rings. The van der Waals surface area contributed by atoms with Crippen molar-refractivity contribution < 1.29 is 14.3 Å². The monoisotopic (exact) mass is 481 g/mol. The number of ether oxygens (including phenoxy) is 2. The topological polar surface area (TPSA) is 103 Å². The van der Waals surface area contributed by atoms with Gasteiger partial charge in [-0.2, -0.15) is 5.10 Å². The van der Waals surface area contributed by atoms with Gasteiger partial charge in [0, 0.05) is 36.8 Å². The van der Waals surface area contributed by atoms with Gasteiger partial charge < -0.3 is 20.1 Å². The standard InChI is InChI=1S/C25H28ClN5O3/c1-15(2)34-22-6-4-17(12-19(22)26)18-14-28-21(13-23(18)33-3)25(32)31-10-8-16(9-11-31)20-5-7-24(27)30-29-20/h4-7,12-16H,8-11H2,1-3H3,(H2,27,30). The molecule has 0 bridgehead atoms. The Labute approximate surface area is 204 Å². The number of rotatable bonds is 6. The number of hydrogen-bond donors (Lipinski definition) is 1. The average Bonchev–Trinajstić information content (AvgIpc) is 2.85. The second kappa shape index (κ2) is 10.3. The maximum Gasteiger partial charge on any atom is 0.272 e. The zero-order valence-electron chi connectivity index (χ0n) is 19.5. The van der Waals surface area contributed by atoms with Gasteiger partial charge in [0.25, 0.3) is 5.91 Å².